The quantitative estimate of drug-likeness (QED) is 0.313. The molecule has 0 aliphatic rings. The van der Waals surface area contributed by atoms with Gasteiger partial charge in [0.25, 0.3) is 0 Å². The van der Waals surface area contributed by atoms with Crippen LogP contribution in [0, 0.1) is 5.92 Å². The van der Waals surface area contributed by atoms with Crippen LogP contribution in [-0.2, 0) is 9.59 Å². The maximum Gasteiger partial charge on any atom is 0.311 e. The lowest BCUT2D eigenvalue weighted by atomic mass is 10.1. The number of hydrogen-bond acceptors (Lipinski definition) is 4. The molecule has 0 aliphatic heterocycles. The number of unbranched alkanes of at least 4 members (excludes halogenated alkanes) is 4. The first-order valence-electron chi connectivity index (χ1n) is 9.03. The van der Waals surface area contributed by atoms with E-state index in [1.54, 1.807) is 24.3 Å². The maximum absolute atomic E-state index is 11.9. The van der Waals surface area contributed by atoms with Crippen LogP contribution in [0.2, 0.25) is 0 Å². The molecule has 0 amide bonds. The second kappa shape index (κ2) is 11.7. The molecule has 4 nitrogen and oxygen atoms in total. The molecule has 0 radical (unpaired) electrons. The minimum absolute atomic E-state index is 0.280. The third-order valence-electron chi connectivity index (χ3n) is 3.71. The van der Waals surface area contributed by atoms with Crippen LogP contribution in [0.3, 0.4) is 0 Å². The summed E-state index contributed by atoms with van der Waals surface area (Å²) < 4.78 is 10.7. The Morgan fingerprint density at radius 1 is 0.875 bits per heavy atom. The molecule has 0 aliphatic carbocycles. The molecule has 1 rings (SSSR count). The van der Waals surface area contributed by atoms with Gasteiger partial charge in [-0.3, -0.25) is 9.59 Å². The summed E-state index contributed by atoms with van der Waals surface area (Å²) in [5.41, 5.74) is 0. The monoisotopic (exact) mass is 334 g/mol. The van der Waals surface area contributed by atoms with Gasteiger partial charge in [0.15, 0.2) is 11.5 Å². The summed E-state index contributed by atoms with van der Waals surface area (Å²) in [6, 6.07) is 6.82. The minimum atomic E-state index is -0.299. The first-order chi connectivity index (χ1) is 11.5. The van der Waals surface area contributed by atoms with Gasteiger partial charge >= 0.3 is 11.9 Å². The zero-order valence-corrected chi connectivity index (χ0v) is 15.2. The van der Waals surface area contributed by atoms with Crippen molar-refractivity contribution in [3.8, 4) is 11.5 Å². The van der Waals surface area contributed by atoms with E-state index < -0.39 is 0 Å². The van der Waals surface area contributed by atoms with Crippen molar-refractivity contribution in [2.45, 2.75) is 72.1 Å². The van der Waals surface area contributed by atoms with Gasteiger partial charge in [-0.15, -0.1) is 0 Å². The van der Waals surface area contributed by atoms with Crippen molar-refractivity contribution in [2.75, 3.05) is 0 Å². The molecule has 0 N–H and O–H groups in total. The molecular weight excluding hydrogens is 304 g/mol. The summed E-state index contributed by atoms with van der Waals surface area (Å²) in [7, 11) is 0. The second-order valence-electron chi connectivity index (χ2n) is 6.49. The number of carbonyl (C=O) groups excluding carboxylic acids is 2. The Hall–Kier alpha value is -1.84. The summed E-state index contributed by atoms with van der Waals surface area (Å²) in [6.07, 6.45) is 6.91. The fraction of sp³-hybridized carbons (Fsp3) is 0.600. The number of esters is 2. The van der Waals surface area contributed by atoms with Gasteiger partial charge in [0, 0.05) is 12.8 Å². The van der Waals surface area contributed by atoms with Gasteiger partial charge in [-0.05, 0) is 30.9 Å². The molecule has 0 unspecified atom stereocenters. The van der Waals surface area contributed by atoms with Gasteiger partial charge in [0.2, 0.25) is 0 Å². The van der Waals surface area contributed by atoms with Crippen LogP contribution in [0.25, 0.3) is 0 Å². The molecule has 0 aromatic heterocycles. The average Bonchev–Trinajstić information content (AvgIpc) is 2.54. The molecule has 0 saturated heterocycles. The average molecular weight is 334 g/mol. The van der Waals surface area contributed by atoms with Crippen LogP contribution in [0.15, 0.2) is 24.3 Å². The molecule has 0 atom stereocenters. The number of hydrogen-bond donors (Lipinski definition) is 0. The van der Waals surface area contributed by atoms with Gasteiger partial charge in [0.1, 0.15) is 0 Å². The standard InChI is InChI=1S/C20H30O4/c1-4-5-6-7-8-13-19(21)23-17-11-9-10-12-18(17)24-20(22)15-14-16(2)3/h9-12,16H,4-8,13-15H2,1-3H3. The lowest BCUT2D eigenvalue weighted by Gasteiger charge is -2.11. The normalized spacial score (nSPS) is 10.7. The first kappa shape index (κ1) is 20.2. The van der Waals surface area contributed by atoms with E-state index >= 15 is 0 Å². The lowest BCUT2D eigenvalue weighted by Crippen LogP contribution is -2.12. The SMILES string of the molecule is CCCCCCCC(=O)Oc1ccccc1OC(=O)CCC(C)C. The lowest BCUT2D eigenvalue weighted by molar-refractivity contribution is -0.137. The maximum atomic E-state index is 11.9. The largest absolute Gasteiger partial charge is 0.423 e. The van der Waals surface area contributed by atoms with Crippen LogP contribution >= 0.6 is 0 Å². The summed E-state index contributed by atoms with van der Waals surface area (Å²) in [4.78, 5) is 23.8. The van der Waals surface area contributed by atoms with E-state index in [1.165, 1.54) is 12.8 Å². The van der Waals surface area contributed by atoms with Crippen molar-refractivity contribution in [3.63, 3.8) is 0 Å². The summed E-state index contributed by atoms with van der Waals surface area (Å²) in [5.74, 6) is 0.488. The first-order valence-corrected chi connectivity index (χ1v) is 9.03. The Morgan fingerprint density at radius 3 is 1.96 bits per heavy atom. The van der Waals surface area contributed by atoms with Crippen LogP contribution in [0.1, 0.15) is 72.1 Å². The van der Waals surface area contributed by atoms with E-state index in [2.05, 4.69) is 20.8 Å². The Kier molecular flexibility index (Phi) is 9.81. The number of ether oxygens (including phenoxy) is 2. The highest BCUT2D eigenvalue weighted by atomic mass is 16.6. The Bertz CT molecular complexity index is 508. The molecule has 0 heterocycles. The second-order valence-corrected chi connectivity index (χ2v) is 6.49. The third kappa shape index (κ3) is 8.70. The zero-order valence-electron chi connectivity index (χ0n) is 15.2. The van der Waals surface area contributed by atoms with E-state index in [0.29, 0.717) is 30.3 Å². The van der Waals surface area contributed by atoms with Gasteiger partial charge < -0.3 is 9.47 Å². The molecule has 4 heteroatoms. The van der Waals surface area contributed by atoms with E-state index in [4.69, 9.17) is 9.47 Å². The molecule has 0 fully saturated rings. The van der Waals surface area contributed by atoms with Crippen molar-refractivity contribution in [2.24, 2.45) is 5.92 Å². The highest BCUT2D eigenvalue weighted by molar-refractivity contribution is 5.76. The van der Waals surface area contributed by atoms with Crippen molar-refractivity contribution >= 4 is 11.9 Å². The highest BCUT2D eigenvalue weighted by Gasteiger charge is 2.13. The van der Waals surface area contributed by atoms with Crippen molar-refractivity contribution in [1.29, 1.82) is 0 Å². The van der Waals surface area contributed by atoms with E-state index in [9.17, 15) is 9.59 Å². The molecular formula is C20H30O4. The van der Waals surface area contributed by atoms with Gasteiger partial charge in [-0.2, -0.15) is 0 Å². The van der Waals surface area contributed by atoms with Crippen molar-refractivity contribution in [3.05, 3.63) is 24.3 Å². The predicted molar refractivity (Wildman–Crippen MR) is 95.2 cm³/mol. The van der Waals surface area contributed by atoms with Crippen LogP contribution in [0.5, 0.6) is 11.5 Å². The molecule has 1 aromatic rings. The molecule has 0 bridgehead atoms. The highest BCUT2D eigenvalue weighted by Crippen LogP contribution is 2.27. The van der Waals surface area contributed by atoms with Crippen LogP contribution in [0.4, 0.5) is 0 Å². The van der Waals surface area contributed by atoms with E-state index in [1.807, 2.05) is 0 Å². The topological polar surface area (TPSA) is 52.6 Å². The number of benzene rings is 1. The Morgan fingerprint density at radius 2 is 1.42 bits per heavy atom. The predicted octanol–water partition coefficient (Wildman–Crippen LogP) is 5.29. The fourth-order valence-electron chi connectivity index (χ4n) is 2.25. The molecule has 1 aromatic carbocycles. The summed E-state index contributed by atoms with van der Waals surface area (Å²) in [5, 5.41) is 0. The zero-order chi connectivity index (χ0) is 17.8. The van der Waals surface area contributed by atoms with Crippen molar-refractivity contribution in [1.82, 2.24) is 0 Å². The van der Waals surface area contributed by atoms with Gasteiger partial charge in [-0.1, -0.05) is 58.6 Å². The molecule has 24 heavy (non-hydrogen) atoms. The molecule has 0 saturated carbocycles. The summed E-state index contributed by atoms with van der Waals surface area (Å²) in [6.45, 7) is 6.28. The smallest absolute Gasteiger partial charge is 0.311 e. The van der Waals surface area contributed by atoms with Crippen molar-refractivity contribution < 1.29 is 19.1 Å². The number of rotatable bonds is 11. The van der Waals surface area contributed by atoms with Crippen LogP contribution < -0.4 is 9.47 Å². The van der Waals surface area contributed by atoms with Gasteiger partial charge in [0.05, 0.1) is 0 Å². The minimum Gasteiger partial charge on any atom is -0.423 e. The number of carbonyl (C=O) groups is 2. The molecule has 134 valence electrons. The Labute approximate surface area is 145 Å². The molecule has 0 spiro atoms. The number of para-hydroxylation sites is 2. The van der Waals surface area contributed by atoms with Gasteiger partial charge in [-0.25, -0.2) is 0 Å². The third-order valence-corrected chi connectivity index (χ3v) is 3.71. The van der Waals surface area contributed by atoms with E-state index in [0.717, 1.165) is 25.7 Å². The van der Waals surface area contributed by atoms with E-state index in [-0.39, 0.29) is 11.9 Å². The van der Waals surface area contributed by atoms with Crippen LogP contribution in [-0.4, -0.2) is 11.9 Å². The summed E-state index contributed by atoms with van der Waals surface area (Å²) >= 11 is 0. The fourth-order valence-corrected chi connectivity index (χ4v) is 2.25. The Balaban J connectivity index is 2.47.